The molecule has 0 radical (unpaired) electrons. The highest BCUT2D eigenvalue weighted by atomic mass is 79.9. The number of halogens is 6. The van der Waals surface area contributed by atoms with E-state index in [1.165, 1.54) is 6.07 Å². The van der Waals surface area contributed by atoms with Crippen LogP contribution in [0.5, 0.6) is 11.5 Å². The molecule has 0 heterocycles. The predicted molar refractivity (Wildman–Crippen MR) is 83.7 cm³/mol. The van der Waals surface area contributed by atoms with Gasteiger partial charge in [0, 0.05) is 16.0 Å². The number of nitrogens with two attached hydrogens (primary N) is 1. The highest BCUT2D eigenvalue weighted by Gasteiger charge is 2.43. The smallest absolute Gasteiger partial charge is 0.456 e. The summed E-state index contributed by atoms with van der Waals surface area (Å²) in [6.45, 7) is 0. The second-order valence-electron chi connectivity index (χ2n) is 4.45. The van der Waals surface area contributed by atoms with Gasteiger partial charge in [0.25, 0.3) is 0 Å². The Kier molecular flexibility index (Phi) is 5.05. The van der Waals surface area contributed by atoms with Crippen molar-refractivity contribution in [2.75, 3.05) is 0 Å². The first-order chi connectivity index (χ1) is 10.5. The maximum atomic E-state index is 13.2. The predicted octanol–water partition coefficient (Wildman–Crippen LogP) is 4.80. The molecule has 0 aliphatic rings. The molecule has 126 valence electrons. The minimum atomic E-state index is -5.05. The molecule has 0 atom stereocenters. The lowest BCUT2D eigenvalue weighted by atomic mass is 10.3. The number of thiol groups is 1. The summed E-state index contributed by atoms with van der Waals surface area (Å²) in [6, 6.07) is 6.48. The number of rotatable bonds is 3. The molecule has 10 heteroatoms. The van der Waals surface area contributed by atoms with E-state index in [4.69, 9.17) is 21.5 Å². The maximum absolute atomic E-state index is 13.2. The number of ether oxygens (including phenoxy) is 1. The monoisotopic (exact) mass is 433 g/mol. The number of hydrogen-bond donors (Lipinski definition) is 2. The van der Waals surface area contributed by atoms with Gasteiger partial charge in [0.1, 0.15) is 17.3 Å². The van der Waals surface area contributed by atoms with E-state index in [0.29, 0.717) is 0 Å². The highest BCUT2D eigenvalue weighted by molar-refractivity contribution is 9.10. The van der Waals surface area contributed by atoms with E-state index in [0.717, 1.165) is 30.3 Å². The van der Waals surface area contributed by atoms with Crippen LogP contribution in [0.4, 0.5) is 17.6 Å². The van der Waals surface area contributed by atoms with Gasteiger partial charge in [-0.25, -0.2) is 4.39 Å². The molecule has 0 saturated heterocycles. The Morgan fingerprint density at radius 1 is 1.17 bits per heavy atom. The SMILES string of the molecule is N[SH](=O)(c1ccc(Oc2cc(F)cc(Cl)c2)c(Br)c1)C(F)(F)F. The van der Waals surface area contributed by atoms with E-state index < -0.39 is 26.3 Å². The zero-order valence-electron chi connectivity index (χ0n) is 11.1. The summed E-state index contributed by atoms with van der Waals surface area (Å²) < 4.78 is 68.4. The summed E-state index contributed by atoms with van der Waals surface area (Å²) in [5, 5.41) is 5.02. The first-order valence-electron chi connectivity index (χ1n) is 5.90. The second-order valence-corrected chi connectivity index (χ2v) is 8.08. The van der Waals surface area contributed by atoms with E-state index in [9.17, 15) is 21.8 Å². The molecule has 2 rings (SSSR count). The topological polar surface area (TPSA) is 52.3 Å². The average molecular weight is 435 g/mol. The van der Waals surface area contributed by atoms with E-state index in [-0.39, 0.29) is 21.0 Å². The minimum Gasteiger partial charge on any atom is -0.456 e. The Bertz CT molecular complexity index is 780. The van der Waals surface area contributed by atoms with Gasteiger partial charge in [-0.1, -0.05) is 11.6 Å². The third kappa shape index (κ3) is 4.03. The van der Waals surface area contributed by atoms with Gasteiger partial charge in [-0.05, 0) is 46.3 Å². The molecule has 0 saturated carbocycles. The van der Waals surface area contributed by atoms with Crippen molar-refractivity contribution in [1.82, 2.24) is 0 Å². The van der Waals surface area contributed by atoms with Crippen LogP contribution in [0.1, 0.15) is 0 Å². The summed E-state index contributed by atoms with van der Waals surface area (Å²) in [7, 11) is -5.04. The molecule has 2 aromatic rings. The van der Waals surface area contributed by atoms with Crippen molar-refractivity contribution in [3.63, 3.8) is 0 Å². The molecular weight excluding hydrogens is 426 g/mol. The molecule has 0 spiro atoms. The third-order valence-corrected chi connectivity index (χ3v) is 5.38. The zero-order chi connectivity index (χ0) is 17.4. The fourth-order valence-electron chi connectivity index (χ4n) is 1.64. The van der Waals surface area contributed by atoms with Crippen LogP contribution in [0.15, 0.2) is 45.8 Å². The van der Waals surface area contributed by atoms with Crippen LogP contribution in [0.2, 0.25) is 5.02 Å². The van der Waals surface area contributed by atoms with Crippen molar-refractivity contribution >= 4 is 37.6 Å². The van der Waals surface area contributed by atoms with Gasteiger partial charge >= 0.3 is 5.51 Å². The van der Waals surface area contributed by atoms with Gasteiger partial charge in [0.05, 0.1) is 14.6 Å². The Balaban J connectivity index is 2.35. The van der Waals surface area contributed by atoms with Crippen molar-refractivity contribution < 1.29 is 26.5 Å². The normalized spacial score (nSPS) is 13.0. The molecule has 0 unspecified atom stereocenters. The lowest BCUT2D eigenvalue weighted by Crippen LogP contribution is -2.38. The zero-order valence-corrected chi connectivity index (χ0v) is 14.3. The summed E-state index contributed by atoms with van der Waals surface area (Å²) in [6.07, 6.45) is 0. The summed E-state index contributed by atoms with van der Waals surface area (Å²) >= 11 is 8.69. The molecular formula is C13H9BrClF4NO2S. The maximum Gasteiger partial charge on any atom is 0.464 e. The van der Waals surface area contributed by atoms with Crippen LogP contribution in [-0.2, 0) is 10.1 Å². The van der Waals surface area contributed by atoms with Gasteiger partial charge in [-0.15, -0.1) is 0 Å². The number of benzene rings is 2. The van der Waals surface area contributed by atoms with Crippen molar-refractivity contribution in [3.05, 3.63) is 51.7 Å². The molecule has 0 bridgehead atoms. The van der Waals surface area contributed by atoms with Crippen molar-refractivity contribution in [2.45, 2.75) is 10.4 Å². The molecule has 0 fully saturated rings. The fourth-order valence-corrected chi connectivity index (χ4v) is 3.40. The second kappa shape index (κ2) is 6.39. The van der Waals surface area contributed by atoms with Crippen LogP contribution in [0.25, 0.3) is 0 Å². The molecule has 0 amide bonds. The Morgan fingerprint density at radius 2 is 1.83 bits per heavy atom. The standard InChI is InChI=1S/C13H9BrClF4NO2S/c14-11-6-10(23(20,21)13(17,18)19)1-2-12(11)22-9-4-7(15)3-8(16)5-9/h1-6,23H,(H2,20,21). The average Bonchev–Trinajstić information content (AvgIpc) is 2.38. The van der Waals surface area contributed by atoms with Crippen molar-refractivity contribution in [3.8, 4) is 11.5 Å². The van der Waals surface area contributed by atoms with Crippen LogP contribution in [-0.4, -0.2) is 9.72 Å². The van der Waals surface area contributed by atoms with E-state index in [1.54, 1.807) is 0 Å². The molecule has 0 aliphatic carbocycles. The number of alkyl halides is 3. The van der Waals surface area contributed by atoms with Crippen molar-refractivity contribution in [2.24, 2.45) is 5.14 Å². The molecule has 2 aromatic carbocycles. The summed E-state index contributed by atoms with van der Waals surface area (Å²) in [4.78, 5) is -0.582. The van der Waals surface area contributed by atoms with E-state index >= 15 is 0 Å². The quantitative estimate of drug-likeness (QED) is 0.538. The molecule has 2 N–H and O–H groups in total. The lowest BCUT2D eigenvalue weighted by Gasteiger charge is -2.22. The fraction of sp³-hybridized carbons (Fsp3) is 0.0769. The van der Waals surface area contributed by atoms with Gasteiger partial charge in [0.2, 0.25) is 0 Å². The summed E-state index contributed by atoms with van der Waals surface area (Å²) in [5.74, 6) is -0.503. The van der Waals surface area contributed by atoms with Crippen LogP contribution >= 0.6 is 27.5 Å². The summed E-state index contributed by atoms with van der Waals surface area (Å²) in [5.41, 5.74) is -5.05. The Morgan fingerprint density at radius 3 is 2.35 bits per heavy atom. The van der Waals surface area contributed by atoms with Gasteiger partial charge < -0.3 is 4.74 Å². The molecule has 0 aliphatic heterocycles. The first kappa shape index (κ1) is 18.2. The van der Waals surface area contributed by atoms with Gasteiger partial charge in [-0.2, -0.15) is 13.2 Å². The van der Waals surface area contributed by atoms with E-state index in [1.807, 2.05) is 0 Å². The molecule has 3 nitrogen and oxygen atoms in total. The van der Waals surface area contributed by atoms with E-state index in [2.05, 4.69) is 15.9 Å². The van der Waals surface area contributed by atoms with Crippen molar-refractivity contribution in [1.29, 1.82) is 0 Å². The number of hydrogen-bond acceptors (Lipinski definition) is 2. The van der Waals surface area contributed by atoms with Crippen LogP contribution in [0.3, 0.4) is 0 Å². The van der Waals surface area contributed by atoms with Gasteiger partial charge in [-0.3, -0.25) is 9.35 Å². The Hall–Kier alpha value is -1.16. The Labute approximate surface area is 143 Å². The lowest BCUT2D eigenvalue weighted by molar-refractivity contribution is -0.0419. The van der Waals surface area contributed by atoms with Gasteiger partial charge in [0.15, 0.2) is 0 Å². The van der Waals surface area contributed by atoms with Crippen LogP contribution in [0, 0.1) is 5.82 Å². The highest BCUT2D eigenvalue weighted by Crippen LogP contribution is 2.38. The molecule has 0 aromatic heterocycles. The van der Waals surface area contributed by atoms with Crippen LogP contribution < -0.4 is 9.88 Å². The largest absolute Gasteiger partial charge is 0.464 e. The third-order valence-electron chi connectivity index (χ3n) is 2.74. The first-order valence-corrected chi connectivity index (χ1v) is 8.85. The molecule has 23 heavy (non-hydrogen) atoms. The minimum absolute atomic E-state index is 0.0511.